The van der Waals surface area contributed by atoms with Crippen molar-refractivity contribution in [3.63, 3.8) is 0 Å². The predicted molar refractivity (Wildman–Crippen MR) is 84.3 cm³/mol. The highest BCUT2D eigenvalue weighted by atomic mass is 15.1. The number of nitrogens with one attached hydrogen (secondary N) is 2. The summed E-state index contributed by atoms with van der Waals surface area (Å²) in [5.41, 5.74) is 1.19. The first-order valence-electron chi connectivity index (χ1n) is 7.82. The number of likely N-dealkylation sites (tertiary alicyclic amines) is 1. The molecule has 1 fully saturated rings. The lowest BCUT2D eigenvalue weighted by Gasteiger charge is -2.17. The van der Waals surface area contributed by atoms with Crippen molar-refractivity contribution in [2.24, 2.45) is 5.92 Å². The monoisotopic (exact) mass is 277 g/mol. The quantitative estimate of drug-likeness (QED) is 0.800. The average Bonchev–Trinajstić information content (AvgIpc) is 2.93. The van der Waals surface area contributed by atoms with Crippen molar-refractivity contribution in [1.29, 1.82) is 0 Å². The molecule has 2 N–H and O–H groups in total. The number of hydrogen-bond donors (Lipinski definition) is 2. The molecule has 0 aliphatic carbocycles. The molecule has 5 heteroatoms. The van der Waals surface area contributed by atoms with Crippen molar-refractivity contribution in [3.05, 3.63) is 11.9 Å². The van der Waals surface area contributed by atoms with Crippen LogP contribution in [0.1, 0.15) is 32.8 Å². The minimum atomic E-state index is 0.734. The number of anilines is 2. The third kappa shape index (κ3) is 3.60. The van der Waals surface area contributed by atoms with E-state index in [1.807, 2.05) is 0 Å². The van der Waals surface area contributed by atoms with Gasteiger partial charge in [0.05, 0.1) is 0 Å². The van der Waals surface area contributed by atoms with Gasteiger partial charge in [-0.3, -0.25) is 0 Å². The Kier molecular flexibility index (Phi) is 5.59. The van der Waals surface area contributed by atoms with Gasteiger partial charge in [0.15, 0.2) is 0 Å². The lowest BCUT2D eigenvalue weighted by atomic mass is 10.1. The fourth-order valence-electron chi connectivity index (χ4n) is 2.83. The van der Waals surface area contributed by atoms with Crippen LogP contribution in [-0.4, -0.2) is 47.6 Å². The summed E-state index contributed by atoms with van der Waals surface area (Å²) in [5, 5.41) is 6.84. The van der Waals surface area contributed by atoms with E-state index in [0.717, 1.165) is 43.6 Å². The Hall–Kier alpha value is -1.36. The van der Waals surface area contributed by atoms with Crippen molar-refractivity contribution in [3.8, 4) is 0 Å². The highest BCUT2D eigenvalue weighted by Gasteiger charge is 2.21. The number of hydrogen-bond acceptors (Lipinski definition) is 5. The molecule has 1 saturated heterocycles. The molecule has 112 valence electrons. The maximum absolute atomic E-state index is 4.42. The van der Waals surface area contributed by atoms with Gasteiger partial charge in [-0.2, -0.15) is 0 Å². The molecule has 1 aliphatic heterocycles. The largest absolute Gasteiger partial charge is 0.370 e. The predicted octanol–water partition coefficient (Wildman–Crippen LogP) is 2.22. The lowest BCUT2D eigenvalue weighted by molar-refractivity contribution is 0.345. The minimum Gasteiger partial charge on any atom is -0.370 e. The molecular weight excluding hydrogens is 250 g/mol. The highest BCUT2D eigenvalue weighted by Crippen LogP contribution is 2.22. The zero-order chi connectivity index (χ0) is 14.4. The second-order valence-corrected chi connectivity index (χ2v) is 5.36. The molecule has 0 saturated carbocycles. The maximum atomic E-state index is 4.42. The molecule has 20 heavy (non-hydrogen) atoms. The first kappa shape index (κ1) is 15.0. The first-order valence-corrected chi connectivity index (χ1v) is 7.82. The summed E-state index contributed by atoms with van der Waals surface area (Å²) in [4.78, 5) is 11.3. The van der Waals surface area contributed by atoms with Crippen LogP contribution in [0.2, 0.25) is 0 Å². The van der Waals surface area contributed by atoms with Crippen LogP contribution in [-0.2, 0) is 6.42 Å². The van der Waals surface area contributed by atoms with E-state index in [2.05, 4.69) is 46.3 Å². The smallest absolute Gasteiger partial charge is 0.134 e. The van der Waals surface area contributed by atoms with Crippen LogP contribution in [0.15, 0.2) is 6.33 Å². The minimum absolute atomic E-state index is 0.734. The molecule has 1 aromatic heterocycles. The van der Waals surface area contributed by atoms with Crippen molar-refractivity contribution < 1.29 is 0 Å². The maximum Gasteiger partial charge on any atom is 0.134 e. The van der Waals surface area contributed by atoms with Gasteiger partial charge in [-0.25, -0.2) is 9.97 Å². The van der Waals surface area contributed by atoms with Crippen LogP contribution in [0.3, 0.4) is 0 Å². The Balaban J connectivity index is 1.97. The normalized spacial score (nSPS) is 19.2. The van der Waals surface area contributed by atoms with E-state index in [9.17, 15) is 0 Å². The molecule has 0 spiro atoms. The highest BCUT2D eigenvalue weighted by molar-refractivity contribution is 5.57. The molecule has 1 aromatic rings. The van der Waals surface area contributed by atoms with E-state index in [4.69, 9.17) is 0 Å². The molecule has 0 radical (unpaired) electrons. The van der Waals surface area contributed by atoms with Crippen LogP contribution < -0.4 is 10.6 Å². The third-order valence-corrected chi connectivity index (χ3v) is 4.02. The summed E-state index contributed by atoms with van der Waals surface area (Å²) < 4.78 is 0. The fourth-order valence-corrected chi connectivity index (χ4v) is 2.83. The van der Waals surface area contributed by atoms with Gasteiger partial charge >= 0.3 is 0 Å². The second kappa shape index (κ2) is 7.43. The van der Waals surface area contributed by atoms with E-state index >= 15 is 0 Å². The van der Waals surface area contributed by atoms with E-state index in [1.54, 1.807) is 6.33 Å². The van der Waals surface area contributed by atoms with Crippen molar-refractivity contribution in [2.45, 2.75) is 33.6 Å². The standard InChI is InChI=1S/C15H27N5/c1-4-13-14(16-5-2)18-11-19-15(13)17-9-12-7-8-20(6-3)10-12/h11-12H,4-10H2,1-3H3,(H2,16,17,18,19). The second-order valence-electron chi connectivity index (χ2n) is 5.36. The first-order chi connectivity index (χ1) is 9.78. The Labute approximate surface area is 122 Å². The van der Waals surface area contributed by atoms with Gasteiger partial charge < -0.3 is 15.5 Å². The van der Waals surface area contributed by atoms with Crippen molar-refractivity contribution >= 4 is 11.6 Å². The van der Waals surface area contributed by atoms with Gasteiger partial charge in [0.1, 0.15) is 18.0 Å². The van der Waals surface area contributed by atoms with Gasteiger partial charge in [0, 0.05) is 25.2 Å². The summed E-state index contributed by atoms with van der Waals surface area (Å²) in [7, 11) is 0. The van der Waals surface area contributed by atoms with Crippen molar-refractivity contribution in [2.75, 3.05) is 43.4 Å². The Morgan fingerprint density at radius 3 is 2.55 bits per heavy atom. The van der Waals surface area contributed by atoms with Gasteiger partial charge in [-0.15, -0.1) is 0 Å². The molecule has 2 rings (SSSR count). The molecule has 0 aromatic carbocycles. The summed E-state index contributed by atoms with van der Waals surface area (Å²) in [6.07, 6.45) is 3.87. The SMILES string of the molecule is CCNc1ncnc(NCC2CCN(CC)C2)c1CC. The number of rotatable bonds is 7. The molecule has 5 nitrogen and oxygen atoms in total. The van der Waals surface area contributed by atoms with E-state index in [1.165, 1.54) is 25.1 Å². The fraction of sp³-hybridized carbons (Fsp3) is 0.733. The van der Waals surface area contributed by atoms with Gasteiger partial charge in [-0.1, -0.05) is 13.8 Å². The molecule has 1 aliphatic rings. The topological polar surface area (TPSA) is 53.1 Å². The zero-order valence-corrected chi connectivity index (χ0v) is 12.9. The molecule has 2 heterocycles. The van der Waals surface area contributed by atoms with E-state index < -0.39 is 0 Å². The summed E-state index contributed by atoms with van der Waals surface area (Å²) in [6, 6.07) is 0. The van der Waals surface area contributed by atoms with Crippen LogP contribution in [0.5, 0.6) is 0 Å². The molecule has 0 bridgehead atoms. The number of nitrogens with zero attached hydrogens (tertiary/aromatic N) is 3. The Bertz CT molecular complexity index is 421. The number of aromatic nitrogens is 2. The Morgan fingerprint density at radius 2 is 1.95 bits per heavy atom. The van der Waals surface area contributed by atoms with Gasteiger partial charge in [-0.05, 0) is 38.8 Å². The summed E-state index contributed by atoms with van der Waals surface area (Å²) >= 11 is 0. The lowest BCUT2D eigenvalue weighted by Crippen LogP contribution is -2.23. The van der Waals surface area contributed by atoms with Crippen LogP contribution in [0.4, 0.5) is 11.6 Å². The summed E-state index contributed by atoms with van der Waals surface area (Å²) in [6.45, 7) is 12.0. The molecule has 1 unspecified atom stereocenters. The summed E-state index contributed by atoms with van der Waals surface area (Å²) in [5.74, 6) is 2.69. The van der Waals surface area contributed by atoms with Crippen LogP contribution >= 0.6 is 0 Å². The molecule has 1 atom stereocenters. The Morgan fingerprint density at radius 1 is 1.20 bits per heavy atom. The van der Waals surface area contributed by atoms with Gasteiger partial charge in [0.25, 0.3) is 0 Å². The van der Waals surface area contributed by atoms with Crippen LogP contribution in [0, 0.1) is 5.92 Å². The molecular formula is C15H27N5. The van der Waals surface area contributed by atoms with Gasteiger partial charge in [0.2, 0.25) is 0 Å². The average molecular weight is 277 g/mol. The molecule has 0 amide bonds. The van der Waals surface area contributed by atoms with Crippen molar-refractivity contribution in [1.82, 2.24) is 14.9 Å². The third-order valence-electron chi connectivity index (χ3n) is 4.02. The van der Waals surface area contributed by atoms with Crippen LogP contribution in [0.25, 0.3) is 0 Å². The van der Waals surface area contributed by atoms with E-state index in [0.29, 0.717) is 0 Å². The van der Waals surface area contributed by atoms with E-state index in [-0.39, 0.29) is 0 Å². The zero-order valence-electron chi connectivity index (χ0n) is 12.9.